The van der Waals surface area contributed by atoms with Crippen molar-refractivity contribution in [2.45, 2.75) is 45.4 Å². The van der Waals surface area contributed by atoms with E-state index in [0.717, 1.165) is 24.4 Å². The van der Waals surface area contributed by atoms with Gasteiger partial charge >= 0.3 is 0 Å². The van der Waals surface area contributed by atoms with Crippen molar-refractivity contribution in [3.63, 3.8) is 0 Å². The summed E-state index contributed by atoms with van der Waals surface area (Å²) >= 11 is 5.88. The van der Waals surface area contributed by atoms with E-state index in [2.05, 4.69) is 29.1 Å². The number of hydrogen-bond donors (Lipinski definition) is 1. The summed E-state index contributed by atoms with van der Waals surface area (Å²) in [5, 5.41) is 3.39. The van der Waals surface area contributed by atoms with E-state index in [1.54, 1.807) is 0 Å². The molecule has 1 unspecified atom stereocenters. The molecule has 0 bridgehead atoms. The Labute approximate surface area is 103 Å². The Morgan fingerprint density at radius 1 is 1.31 bits per heavy atom. The highest BCUT2D eigenvalue weighted by atomic mass is 35.5. The van der Waals surface area contributed by atoms with E-state index in [0.29, 0.717) is 11.9 Å². The summed E-state index contributed by atoms with van der Waals surface area (Å²) in [4.78, 5) is 8.81. The fourth-order valence-electron chi connectivity index (χ4n) is 1.35. The van der Waals surface area contributed by atoms with Gasteiger partial charge in [-0.1, -0.05) is 13.8 Å². The first-order chi connectivity index (χ1) is 7.49. The van der Waals surface area contributed by atoms with Crippen molar-refractivity contribution < 1.29 is 0 Å². The van der Waals surface area contributed by atoms with Crippen LogP contribution in [0.2, 0.25) is 0 Å². The van der Waals surface area contributed by atoms with Crippen molar-refractivity contribution in [3.05, 3.63) is 17.5 Å². The lowest BCUT2D eigenvalue weighted by atomic mass is 10.1. The molecule has 0 spiro atoms. The number of nitrogens with one attached hydrogen (secondary N) is 1. The van der Waals surface area contributed by atoms with Gasteiger partial charge in [-0.05, 0) is 32.3 Å². The molecular weight excluding hydrogens is 222 g/mol. The molecule has 1 N–H and O–H groups in total. The van der Waals surface area contributed by atoms with Crippen LogP contribution in [-0.4, -0.2) is 21.9 Å². The SMILES string of the molecule is Cc1cc(C(C)C)nc(NCCC(C)Cl)n1. The van der Waals surface area contributed by atoms with E-state index in [4.69, 9.17) is 11.6 Å². The Morgan fingerprint density at radius 2 is 2.00 bits per heavy atom. The number of rotatable bonds is 5. The maximum atomic E-state index is 5.88. The molecule has 1 heterocycles. The molecule has 4 heteroatoms. The van der Waals surface area contributed by atoms with Crippen LogP contribution in [-0.2, 0) is 0 Å². The first-order valence-corrected chi connectivity index (χ1v) is 6.16. The average Bonchev–Trinajstić information content (AvgIpc) is 2.16. The summed E-state index contributed by atoms with van der Waals surface area (Å²) in [5.74, 6) is 1.13. The minimum absolute atomic E-state index is 0.182. The number of aryl methyl sites for hydroxylation is 1. The Balaban J connectivity index is 2.65. The number of aromatic nitrogens is 2. The van der Waals surface area contributed by atoms with Gasteiger partial charge in [-0.15, -0.1) is 11.6 Å². The first-order valence-electron chi connectivity index (χ1n) is 5.72. The molecule has 1 rings (SSSR count). The Bertz CT molecular complexity index is 337. The molecule has 0 fully saturated rings. The van der Waals surface area contributed by atoms with E-state index < -0.39 is 0 Å². The number of nitrogens with zero attached hydrogens (tertiary/aromatic N) is 2. The molecule has 90 valence electrons. The van der Waals surface area contributed by atoms with Gasteiger partial charge in [0, 0.05) is 23.3 Å². The van der Waals surface area contributed by atoms with Gasteiger partial charge in [-0.3, -0.25) is 0 Å². The van der Waals surface area contributed by atoms with Crippen LogP contribution in [0.5, 0.6) is 0 Å². The Morgan fingerprint density at radius 3 is 2.56 bits per heavy atom. The van der Waals surface area contributed by atoms with Gasteiger partial charge in [0.15, 0.2) is 0 Å². The van der Waals surface area contributed by atoms with Crippen LogP contribution in [0, 0.1) is 6.92 Å². The van der Waals surface area contributed by atoms with Crippen molar-refractivity contribution in [3.8, 4) is 0 Å². The number of hydrogen-bond acceptors (Lipinski definition) is 3. The topological polar surface area (TPSA) is 37.8 Å². The minimum Gasteiger partial charge on any atom is -0.354 e. The van der Waals surface area contributed by atoms with E-state index in [9.17, 15) is 0 Å². The lowest BCUT2D eigenvalue weighted by Gasteiger charge is -2.10. The fraction of sp³-hybridized carbons (Fsp3) is 0.667. The molecule has 0 aromatic carbocycles. The van der Waals surface area contributed by atoms with Crippen LogP contribution >= 0.6 is 11.6 Å². The van der Waals surface area contributed by atoms with Crippen molar-refractivity contribution in [1.29, 1.82) is 0 Å². The van der Waals surface area contributed by atoms with Gasteiger partial charge in [-0.2, -0.15) is 0 Å². The van der Waals surface area contributed by atoms with Crippen LogP contribution in [0.15, 0.2) is 6.07 Å². The second-order valence-corrected chi connectivity index (χ2v) is 5.15. The third-order valence-electron chi connectivity index (χ3n) is 2.29. The lowest BCUT2D eigenvalue weighted by molar-refractivity contribution is 0.797. The van der Waals surface area contributed by atoms with Crippen LogP contribution in [0.1, 0.15) is 44.5 Å². The van der Waals surface area contributed by atoms with E-state index in [1.165, 1.54) is 0 Å². The van der Waals surface area contributed by atoms with Gasteiger partial charge in [0.2, 0.25) is 5.95 Å². The van der Waals surface area contributed by atoms with Crippen molar-refractivity contribution >= 4 is 17.5 Å². The highest BCUT2D eigenvalue weighted by Crippen LogP contribution is 2.14. The molecule has 16 heavy (non-hydrogen) atoms. The van der Waals surface area contributed by atoms with Crippen molar-refractivity contribution in [1.82, 2.24) is 9.97 Å². The normalized spacial score (nSPS) is 12.9. The monoisotopic (exact) mass is 241 g/mol. The largest absolute Gasteiger partial charge is 0.354 e. The summed E-state index contributed by atoms with van der Waals surface area (Å²) in [6.45, 7) is 9.05. The van der Waals surface area contributed by atoms with Crippen molar-refractivity contribution in [2.24, 2.45) is 0 Å². The summed E-state index contributed by atoms with van der Waals surface area (Å²) in [7, 11) is 0. The molecule has 0 aliphatic rings. The van der Waals surface area contributed by atoms with E-state index in [-0.39, 0.29) is 5.38 Å². The second-order valence-electron chi connectivity index (χ2n) is 4.41. The van der Waals surface area contributed by atoms with Crippen LogP contribution in [0.3, 0.4) is 0 Å². The molecule has 1 aromatic rings. The highest BCUT2D eigenvalue weighted by Gasteiger charge is 2.05. The third-order valence-corrected chi connectivity index (χ3v) is 2.51. The molecule has 1 aromatic heterocycles. The molecule has 0 amide bonds. The molecule has 0 saturated heterocycles. The van der Waals surface area contributed by atoms with E-state index in [1.807, 2.05) is 19.9 Å². The lowest BCUT2D eigenvalue weighted by Crippen LogP contribution is -2.10. The molecule has 0 radical (unpaired) electrons. The highest BCUT2D eigenvalue weighted by molar-refractivity contribution is 6.20. The molecular formula is C12H20ClN3. The van der Waals surface area contributed by atoms with Crippen molar-refractivity contribution in [2.75, 3.05) is 11.9 Å². The average molecular weight is 242 g/mol. The van der Waals surface area contributed by atoms with Gasteiger partial charge in [0.25, 0.3) is 0 Å². The zero-order chi connectivity index (χ0) is 12.1. The number of alkyl halides is 1. The molecule has 3 nitrogen and oxygen atoms in total. The summed E-state index contributed by atoms with van der Waals surface area (Å²) in [6.07, 6.45) is 0.913. The molecule has 0 saturated carbocycles. The Kier molecular flexibility index (Phi) is 5.00. The second kappa shape index (κ2) is 6.04. The Hall–Kier alpha value is -0.830. The standard InChI is InChI=1S/C12H20ClN3/c1-8(2)11-7-10(4)15-12(16-11)14-6-5-9(3)13/h7-9H,5-6H2,1-4H3,(H,14,15,16). The van der Waals surface area contributed by atoms with Crippen LogP contribution in [0.4, 0.5) is 5.95 Å². The summed E-state index contributed by atoms with van der Waals surface area (Å²) in [6, 6.07) is 2.03. The maximum Gasteiger partial charge on any atom is 0.223 e. The quantitative estimate of drug-likeness (QED) is 0.804. The molecule has 0 aliphatic carbocycles. The predicted octanol–water partition coefficient (Wildman–Crippen LogP) is 3.34. The molecule has 1 atom stereocenters. The van der Waals surface area contributed by atoms with Gasteiger partial charge in [0.05, 0.1) is 0 Å². The summed E-state index contributed by atoms with van der Waals surface area (Å²) in [5.41, 5.74) is 2.08. The van der Waals surface area contributed by atoms with Gasteiger partial charge < -0.3 is 5.32 Å². The molecule has 0 aliphatic heterocycles. The van der Waals surface area contributed by atoms with Crippen LogP contribution < -0.4 is 5.32 Å². The zero-order valence-corrected chi connectivity index (χ0v) is 11.2. The smallest absolute Gasteiger partial charge is 0.223 e. The zero-order valence-electron chi connectivity index (χ0n) is 10.4. The van der Waals surface area contributed by atoms with E-state index >= 15 is 0 Å². The predicted molar refractivity (Wildman–Crippen MR) is 69.3 cm³/mol. The maximum absolute atomic E-state index is 5.88. The van der Waals surface area contributed by atoms with Gasteiger partial charge in [0.1, 0.15) is 0 Å². The minimum atomic E-state index is 0.182. The number of anilines is 1. The van der Waals surface area contributed by atoms with Gasteiger partial charge in [-0.25, -0.2) is 9.97 Å². The fourth-order valence-corrected chi connectivity index (χ4v) is 1.46. The first kappa shape index (κ1) is 13.2. The summed E-state index contributed by atoms with van der Waals surface area (Å²) < 4.78 is 0. The third kappa shape index (κ3) is 4.35. The van der Waals surface area contributed by atoms with Crippen LogP contribution in [0.25, 0.3) is 0 Å². The number of halogens is 1.